The molecule has 3 unspecified atom stereocenters. The van der Waals surface area contributed by atoms with Gasteiger partial charge in [-0.3, -0.25) is 11.3 Å². The van der Waals surface area contributed by atoms with Gasteiger partial charge in [0.25, 0.3) is 0 Å². The van der Waals surface area contributed by atoms with E-state index in [-0.39, 0.29) is 11.9 Å². The van der Waals surface area contributed by atoms with Crippen LogP contribution in [0.1, 0.15) is 23.5 Å². The minimum Gasteiger partial charge on any atom is -0.271 e. The first-order chi connectivity index (χ1) is 10.2. The Bertz CT molecular complexity index is 597. The van der Waals surface area contributed by atoms with Crippen LogP contribution in [0, 0.1) is 11.7 Å². The molecule has 3 N–H and O–H groups in total. The largest absolute Gasteiger partial charge is 0.271 e. The summed E-state index contributed by atoms with van der Waals surface area (Å²) in [5, 5.41) is 0.465. The molecule has 0 heterocycles. The van der Waals surface area contributed by atoms with Gasteiger partial charge in [0.05, 0.1) is 0 Å². The second-order valence-corrected chi connectivity index (χ2v) is 6.00. The van der Waals surface area contributed by atoms with Crippen LogP contribution in [0.3, 0.4) is 0 Å². The molecule has 2 nitrogen and oxygen atoms in total. The SMILES string of the molecule is NNC(Cc1c(F)cccc1Cl)C1CC1c1ccccc1. The standard InChI is InChI=1S/C17H18ClFN2/c18-15-7-4-8-16(19)14(15)10-17(21-20)13-9-12(13)11-5-2-1-3-6-11/h1-8,12-13,17,21H,9-10,20H2. The molecule has 0 amide bonds. The molecule has 1 aliphatic rings. The third-order valence-electron chi connectivity index (χ3n) is 4.28. The second kappa shape index (κ2) is 6.14. The summed E-state index contributed by atoms with van der Waals surface area (Å²) < 4.78 is 13.9. The highest BCUT2D eigenvalue weighted by Crippen LogP contribution is 2.50. The van der Waals surface area contributed by atoms with Crippen LogP contribution in [0.5, 0.6) is 0 Å². The highest BCUT2D eigenvalue weighted by molar-refractivity contribution is 6.31. The van der Waals surface area contributed by atoms with Crippen LogP contribution >= 0.6 is 11.6 Å². The van der Waals surface area contributed by atoms with Gasteiger partial charge in [0.1, 0.15) is 5.82 Å². The van der Waals surface area contributed by atoms with Crippen molar-refractivity contribution in [1.29, 1.82) is 0 Å². The second-order valence-electron chi connectivity index (χ2n) is 5.59. The molecule has 0 saturated heterocycles. The molecule has 0 radical (unpaired) electrons. The van der Waals surface area contributed by atoms with Gasteiger partial charge in [0, 0.05) is 16.6 Å². The number of hydrogen-bond acceptors (Lipinski definition) is 2. The molecule has 110 valence electrons. The van der Waals surface area contributed by atoms with E-state index < -0.39 is 0 Å². The van der Waals surface area contributed by atoms with E-state index in [1.54, 1.807) is 12.1 Å². The number of rotatable bonds is 5. The van der Waals surface area contributed by atoms with Crippen molar-refractivity contribution in [3.63, 3.8) is 0 Å². The predicted octanol–water partition coefficient (Wildman–Crippen LogP) is 3.66. The maximum Gasteiger partial charge on any atom is 0.127 e. The molecular weight excluding hydrogens is 287 g/mol. The quantitative estimate of drug-likeness (QED) is 0.653. The maximum absolute atomic E-state index is 13.9. The fourth-order valence-electron chi connectivity index (χ4n) is 3.02. The molecule has 1 saturated carbocycles. The molecule has 2 aromatic rings. The van der Waals surface area contributed by atoms with Crippen molar-refractivity contribution in [1.82, 2.24) is 5.43 Å². The molecule has 0 bridgehead atoms. The fraction of sp³-hybridized carbons (Fsp3) is 0.294. The minimum atomic E-state index is -0.264. The zero-order valence-corrected chi connectivity index (χ0v) is 12.4. The summed E-state index contributed by atoms with van der Waals surface area (Å²) in [5.74, 6) is 6.34. The Morgan fingerprint density at radius 2 is 1.95 bits per heavy atom. The van der Waals surface area contributed by atoms with E-state index in [9.17, 15) is 4.39 Å². The van der Waals surface area contributed by atoms with Crippen molar-refractivity contribution < 1.29 is 4.39 Å². The van der Waals surface area contributed by atoms with Crippen LogP contribution in [0.25, 0.3) is 0 Å². The number of halogens is 2. The van der Waals surface area contributed by atoms with E-state index in [2.05, 4.69) is 17.6 Å². The summed E-state index contributed by atoms with van der Waals surface area (Å²) in [5.41, 5.74) is 4.71. The van der Waals surface area contributed by atoms with Crippen LogP contribution in [-0.4, -0.2) is 6.04 Å². The van der Waals surface area contributed by atoms with E-state index in [0.29, 0.717) is 28.8 Å². The zero-order valence-electron chi connectivity index (χ0n) is 11.6. The average molecular weight is 305 g/mol. The third kappa shape index (κ3) is 3.10. The lowest BCUT2D eigenvalue weighted by atomic mass is 9.99. The molecule has 0 aromatic heterocycles. The minimum absolute atomic E-state index is 0.0320. The fourth-order valence-corrected chi connectivity index (χ4v) is 3.26. The summed E-state index contributed by atoms with van der Waals surface area (Å²) in [4.78, 5) is 0. The molecule has 1 aliphatic carbocycles. The van der Waals surface area contributed by atoms with Crippen LogP contribution in [0.2, 0.25) is 5.02 Å². The smallest absolute Gasteiger partial charge is 0.127 e. The van der Waals surface area contributed by atoms with Crippen molar-refractivity contribution in [3.8, 4) is 0 Å². The first-order valence-electron chi connectivity index (χ1n) is 7.14. The molecular formula is C17H18ClFN2. The van der Waals surface area contributed by atoms with Gasteiger partial charge in [0.15, 0.2) is 0 Å². The Morgan fingerprint density at radius 1 is 1.19 bits per heavy atom. The van der Waals surface area contributed by atoms with Crippen molar-refractivity contribution in [3.05, 3.63) is 70.5 Å². The van der Waals surface area contributed by atoms with E-state index in [1.807, 2.05) is 18.2 Å². The number of hydrogen-bond donors (Lipinski definition) is 2. The lowest BCUT2D eigenvalue weighted by molar-refractivity contribution is 0.455. The molecule has 4 heteroatoms. The third-order valence-corrected chi connectivity index (χ3v) is 4.64. The lowest BCUT2D eigenvalue weighted by Gasteiger charge is -2.17. The molecule has 1 fully saturated rings. The van der Waals surface area contributed by atoms with Gasteiger partial charge >= 0.3 is 0 Å². The van der Waals surface area contributed by atoms with Crippen LogP contribution in [-0.2, 0) is 6.42 Å². The van der Waals surface area contributed by atoms with Gasteiger partial charge in [0.2, 0.25) is 0 Å². The molecule has 0 aliphatic heterocycles. The number of benzene rings is 2. The Kier molecular flexibility index (Phi) is 4.24. The van der Waals surface area contributed by atoms with Crippen molar-refractivity contribution in [2.75, 3.05) is 0 Å². The molecule has 3 atom stereocenters. The zero-order chi connectivity index (χ0) is 14.8. The molecule has 2 aromatic carbocycles. The first kappa shape index (κ1) is 14.5. The van der Waals surface area contributed by atoms with Gasteiger partial charge in [-0.05, 0) is 42.4 Å². The van der Waals surface area contributed by atoms with Crippen molar-refractivity contribution >= 4 is 11.6 Å². The van der Waals surface area contributed by atoms with Crippen molar-refractivity contribution in [2.24, 2.45) is 11.8 Å². The van der Waals surface area contributed by atoms with Crippen LogP contribution < -0.4 is 11.3 Å². The predicted molar refractivity (Wildman–Crippen MR) is 83.5 cm³/mol. The van der Waals surface area contributed by atoms with E-state index in [0.717, 1.165) is 6.42 Å². The van der Waals surface area contributed by atoms with Crippen LogP contribution in [0.4, 0.5) is 4.39 Å². The lowest BCUT2D eigenvalue weighted by Crippen LogP contribution is -2.39. The first-order valence-corrected chi connectivity index (χ1v) is 7.52. The summed E-state index contributed by atoms with van der Waals surface area (Å²) >= 11 is 6.10. The van der Waals surface area contributed by atoms with Gasteiger partial charge < -0.3 is 0 Å². The Hall–Kier alpha value is -1.42. The summed E-state index contributed by atoms with van der Waals surface area (Å²) in [7, 11) is 0. The van der Waals surface area contributed by atoms with Gasteiger partial charge in [-0.1, -0.05) is 48.0 Å². The summed E-state index contributed by atoms with van der Waals surface area (Å²) in [6.45, 7) is 0. The number of hydrazine groups is 1. The van der Waals surface area contributed by atoms with E-state index >= 15 is 0 Å². The monoisotopic (exact) mass is 304 g/mol. The average Bonchev–Trinajstić information content (AvgIpc) is 3.28. The summed E-state index contributed by atoms with van der Waals surface area (Å²) in [6.07, 6.45) is 1.58. The van der Waals surface area contributed by atoms with Crippen LogP contribution in [0.15, 0.2) is 48.5 Å². The van der Waals surface area contributed by atoms with E-state index in [4.69, 9.17) is 17.4 Å². The highest BCUT2D eigenvalue weighted by Gasteiger charge is 2.43. The normalized spacial score (nSPS) is 22.0. The Labute approximate surface area is 129 Å². The Morgan fingerprint density at radius 3 is 2.62 bits per heavy atom. The summed E-state index contributed by atoms with van der Waals surface area (Å²) in [6, 6.07) is 15.2. The van der Waals surface area contributed by atoms with Gasteiger partial charge in [-0.2, -0.15) is 0 Å². The topological polar surface area (TPSA) is 38.0 Å². The van der Waals surface area contributed by atoms with Gasteiger partial charge in [-0.25, -0.2) is 4.39 Å². The number of nitrogens with two attached hydrogens (primary N) is 1. The molecule has 21 heavy (non-hydrogen) atoms. The molecule has 0 spiro atoms. The highest BCUT2D eigenvalue weighted by atomic mass is 35.5. The Balaban J connectivity index is 1.73. The van der Waals surface area contributed by atoms with E-state index in [1.165, 1.54) is 11.6 Å². The van der Waals surface area contributed by atoms with Crippen molar-refractivity contribution in [2.45, 2.75) is 24.8 Å². The maximum atomic E-state index is 13.9. The molecule has 3 rings (SSSR count). The number of nitrogens with one attached hydrogen (secondary N) is 1. The van der Waals surface area contributed by atoms with Gasteiger partial charge in [-0.15, -0.1) is 0 Å².